The van der Waals surface area contributed by atoms with Crippen LogP contribution < -0.4 is 10.2 Å². The summed E-state index contributed by atoms with van der Waals surface area (Å²) >= 11 is 5.81. The average molecular weight is 444 g/mol. The first kappa shape index (κ1) is 21.0. The first-order valence-corrected chi connectivity index (χ1v) is 9.96. The Morgan fingerprint density at radius 1 is 1.23 bits per heavy atom. The zero-order valence-electron chi connectivity index (χ0n) is 16.6. The molecule has 1 unspecified atom stereocenters. The molecule has 9 heteroatoms. The quantitative estimate of drug-likeness (QED) is 0.606. The molecule has 7 nitrogen and oxygen atoms in total. The molecule has 0 bridgehead atoms. The highest BCUT2D eigenvalue weighted by Gasteiger charge is 2.51. The van der Waals surface area contributed by atoms with Gasteiger partial charge >= 0.3 is 0 Å². The molecule has 2 amide bonds. The maximum absolute atomic E-state index is 13.5. The molecule has 0 aliphatic carbocycles. The SMILES string of the molecule is CC(=O)n1ccc2cc(N3CCC(O)(C(=O)NCc4cc(F)cc(Cl)c4)C3=O)ccc21. The average Bonchev–Trinajstić information content (AvgIpc) is 3.27. The van der Waals surface area contributed by atoms with E-state index in [0.29, 0.717) is 16.8 Å². The lowest BCUT2D eigenvalue weighted by atomic mass is 10.0. The summed E-state index contributed by atoms with van der Waals surface area (Å²) in [6.07, 6.45) is 1.55. The molecule has 1 aromatic heterocycles. The Morgan fingerprint density at radius 2 is 2.00 bits per heavy atom. The summed E-state index contributed by atoms with van der Waals surface area (Å²) in [6.45, 7) is 1.51. The molecule has 2 N–H and O–H groups in total. The number of rotatable bonds is 4. The van der Waals surface area contributed by atoms with Gasteiger partial charge in [-0.25, -0.2) is 4.39 Å². The second kappa shape index (κ2) is 7.79. The summed E-state index contributed by atoms with van der Waals surface area (Å²) in [5.74, 6) is -2.28. The van der Waals surface area contributed by atoms with Crippen molar-refractivity contribution in [2.75, 3.05) is 11.4 Å². The first-order chi connectivity index (χ1) is 14.7. The lowest BCUT2D eigenvalue weighted by molar-refractivity contribution is -0.149. The minimum atomic E-state index is -2.22. The molecule has 1 saturated heterocycles. The number of carbonyl (C=O) groups is 3. The van der Waals surface area contributed by atoms with Gasteiger partial charge < -0.3 is 15.3 Å². The second-order valence-electron chi connectivity index (χ2n) is 7.48. The van der Waals surface area contributed by atoms with Gasteiger partial charge in [0.1, 0.15) is 5.82 Å². The maximum Gasteiger partial charge on any atom is 0.268 e. The minimum Gasteiger partial charge on any atom is -0.372 e. The number of hydrogen-bond acceptors (Lipinski definition) is 4. The molecule has 31 heavy (non-hydrogen) atoms. The van der Waals surface area contributed by atoms with Crippen LogP contribution in [0.1, 0.15) is 23.7 Å². The summed E-state index contributed by atoms with van der Waals surface area (Å²) in [5.41, 5.74) is -0.606. The van der Waals surface area contributed by atoms with Gasteiger partial charge in [-0.2, -0.15) is 0 Å². The maximum atomic E-state index is 13.5. The van der Waals surface area contributed by atoms with Crippen LogP contribution in [-0.4, -0.2) is 39.5 Å². The fraction of sp³-hybridized carbons (Fsp3) is 0.227. The summed E-state index contributed by atoms with van der Waals surface area (Å²) in [4.78, 5) is 38.5. The van der Waals surface area contributed by atoms with Crippen LogP contribution in [0.15, 0.2) is 48.7 Å². The molecule has 2 heterocycles. The van der Waals surface area contributed by atoms with Crippen molar-refractivity contribution in [1.82, 2.24) is 9.88 Å². The summed E-state index contributed by atoms with van der Waals surface area (Å²) in [6, 6.07) is 10.7. The van der Waals surface area contributed by atoms with Gasteiger partial charge in [0, 0.05) is 48.7 Å². The van der Waals surface area contributed by atoms with Crippen LogP contribution in [0, 0.1) is 5.82 Å². The molecule has 160 valence electrons. The van der Waals surface area contributed by atoms with Crippen molar-refractivity contribution in [1.29, 1.82) is 0 Å². The van der Waals surface area contributed by atoms with Gasteiger partial charge in [-0.3, -0.25) is 19.0 Å². The van der Waals surface area contributed by atoms with Crippen molar-refractivity contribution in [3.05, 3.63) is 65.1 Å². The van der Waals surface area contributed by atoms with E-state index < -0.39 is 23.2 Å². The van der Waals surface area contributed by atoms with Gasteiger partial charge in [0.05, 0.1) is 5.52 Å². The van der Waals surface area contributed by atoms with Crippen molar-refractivity contribution in [2.24, 2.45) is 0 Å². The molecular weight excluding hydrogens is 425 g/mol. The van der Waals surface area contributed by atoms with E-state index >= 15 is 0 Å². The number of amides is 2. The van der Waals surface area contributed by atoms with E-state index in [0.717, 1.165) is 11.5 Å². The predicted octanol–water partition coefficient (Wildman–Crippen LogP) is 2.88. The standard InChI is InChI=1S/C22H19ClFN3O4/c1-13(28)26-6-4-15-10-18(2-3-19(15)26)27-7-5-22(31,21(27)30)20(29)25-12-14-8-16(23)11-17(24)9-14/h2-4,6,8-11,31H,5,7,12H2,1H3,(H,25,29). The number of halogens is 2. The molecule has 1 fully saturated rings. The van der Waals surface area contributed by atoms with Gasteiger partial charge in [-0.1, -0.05) is 11.6 Å². The van der Waals surface area contributed by atoms with E-state index in [1.54, 1.807) is 30.5 Å². The Bertz CT molecular complexity index is 1200. The minimum absolute atomic E-state index is 0.0869. The monoisotopic (exact) mass is 443 g/mol. The fourth-order valence-corrected chi connectivity index (χ4v) is 4.02. The molecule has 0 radical (unpaired) electrons. The Kier molecular flexibility index (Phi) is 5.28. The van der Waals surface area contributed by atoms with E-state index in [-0.39, 0.29) is 30.4 Å². The molecular formula is C22H19ClFN3O4. The Morgan fingerprint density at radius 3 is 2.71 bits per heavy atom. The third kappa shape index (κ3) is 3.80. The van der Waals surface area contributed by atoms with Crippen LogP contribution >= 0.6 is 11.6 Å². The first-order valence-electron chi connectivity index (χ1n) is 9.59. The number of anilines is 1. The van der Waals surface area contributed by atoms with Crippen molar-refractivity contribution in [2.45, 2.75) is 25.5 Å². The number of nitrogens with one attached hydrogen (secondary N) is 1. The highest BCUT2D eigenvalue weighted by Crippen LogP contribution is 2.31. The number of aromatic nitrogens is 1. The number of carbonyl (C=O) groups excluding carboxylic acids is 3. The number of benzene rings is 2. The molecule has 4 rings (SSSR count). The summed E-state index contributed by atoms with van der Waals surface area (Å²) in [7, 11) is 0. The zero-order chi connectivity index (χ0) is 22.3. The Hall–Kier alpha value is -3.23. The van der Waals surface area contributed by atoms with E-state index in [2.05, 4.69) is 5.32 Å². The van der Waals surface area contributed by atoms with Crippen LogP contribution in [0.2, 0.25) is 5.02 Å². The Balaban J connectivity index is 1.51. The second-order valence-corrected chi connectivity index (χ2v) is 7.91. The van der Waals surface area contributed by atoms with E-state index in [1.165, 1.54) is 28.5 Å². The predicted molar refractivity (Wildman–Crippen MR) is 113 cm³/mol. The molecule has 1 aliphatic heterocycles. The van der Waals surface area contributed by atoms with Crippen molar-refractivity contribution < 1.29 is 23.9 Å². The van der Waals surface area contributed by atoms with Crippen LogP contribution in [0.4, 0.5) is 10.1 Å². The van der Waals surface area contributed by atoms with E-state index in [1.807, 2.05) is 0 Å². The molecule has 1 aliphatic rings. The van der Waals surface area contributed by atoms with Crippen LogP contribution in [0.5, 0.6) is 0 Å². The normalized spacial score (nSPS) is 18.6. The van der Waals surface area contributed by atoms with Crippen molar-refractivity contribution in [3.63, 3.8) is 0 Å². The smallest absolute Gasteiger partial charge is 0.268 e. The van der Waals surface area contributed by atoms with Gasteiger partial charge in [-0.15, -0.1) is 0 Å². The molecule has 3 aromatic rings. The van der Waals surface area contributed by atoms with Gasteiger partial charge in [0.25, 0.3) is 11.8 Å². The largest absolute Gasteiger partial charge is 0.372 e. The molecule has 2 aromatic carbocycles. The molecule has 0 saturated carbocycles. The van der Waals surface area contributed by atoms with Crippen LogP contribution in [0.3, 0.4) is 0 Å². The Labute approximate surface area is 182 Å². The highest BCUT2D eigenvalue weighted by atomic mass is 35.5. The summed E-state index contributed by atoms with van der Waals surface area (Å²) in [5, 5.41) is 14.2. The fourth-order valence-electron chi connectivity index (χ4n) is 3.78. The molecule has 0 spiro atoms. The van der Waals surface area contributed by atoms with Crippen molar-refractivity contribution in [3.8, 4) is 0 Å². The number of aliphatic hydroxyl groups is 1. The van der Waals surface area contributed by atoms with Gasteiger partial charge in [-0.05, 0) is 48.0 Å². The number of hydrogen-bond donors (Lipinski definition) is 2. The van der Waals surface area contributed by atoms with Crippen LogP contribution in [0.25, 0.3) is 10.9 Å². The lowest BCUT2D eigenvalue weighted by Gasteiger charge is -2.22. The number of fused-ring (bicyclic) bond motifs is 1. The van der Waals surface area contributed by atoms with E-state index in [4.69, 9.17) is 11.6 Å². The van der Waals surface area contributed by atoms with Crippen molar-refractivity contribution >= 4 is 45.9 Å². The third-order valence-corrected chi connectivity index (χ3v) is 5.59. The number of nitrogens with zero attached hydrogens (tertiary/aromatic N) is 2. The highest BCUT2D eigenvalue weighted by molar-refractivity contribution is 6.30. The zero-order valence-corrected chi connectivity index (χ0v) is 17.3. The van der Waals surface area contributed by atoms with E-state index in [9.17, 15) is 23.9 Å². The van der Waals surface area contributed by atoms with Gasteiger partial charge in [0.2, 0.25) is 11.5 Å². The third-order valence-electron chi connectivity index (χ3n) is 5.37. The van der Waals surface area contributed by atoms with Crippen LogP contribution in [-0.2, 0) is 16.1 Å². The summed E-state index contributed by atoms with van der Waals surface area (Å²) < 4.78 is 15.0. The topological polar surface area (TPSA) is 91.6 Å². The van der Waals surface area contributed by atoms with Gasteiger partial charge in [0.15, 0.2) is 0 Å². The molecule has 1 atom stereocenters. The lowest BCUT2D eigenvalue weighted by Crippen LogP contribution is -2.52.